The number of hydrogen-bond donors (Lipinski definition) is 2. The van der Waals surface area contributed by atoms with Gasteiger partial charge in [-0.05, 0) is 17.7 Å². The molecule has 2 heterocycles. The van der Waals surface area contributed by atoms with Gasteiger partial charge in [0.05, 0.1) is 24.7 Å². The number of carbonyl (C=O) groups excluding carboxylic acids is 1. The highest BCUT2D eigenvalue weighted by molar-refractivity contribution is 6.02. The predicted octanol–water partition coefficient (Wildman–Crippen LogP) is 0.741. The van der Waals surface area contributed by atoms with Crippen LogP contribution in [0.1, 0.15) is 22.1 Å². The van der Waals surface area contributed by atoms with Crippen molar-refractivity contribution in [1.29, 1.82) is 5.26 Å². The van der Waals surface area contributed by atoms with Crippen molar-refractivity contribution in [3.05, 3.63) is 41.7 Å². The van der Waals surface area contributed by atoms with Crippen LogP contribution in [0.25, 0.3) is 0 Å². The average molecular weight is 282 g/mol. The van der Waals surface area contributed by atoms with Gasteiger partial charge in [0.2, 0.25) is 0 Å². The SMILES string of the molecule is N#CCc1ccc(NC(=O)c2cn(C3CNC3)nn2)cc1. The number of amides is 1. The van der Waals surface area contributed by atoms with Gasteiger partial charge in [-0.15, -0.1) is 5.10 Å². The second-order valence-electron chi connectivity index (χ2n) is 4.88. The number of hydrogen-bond acceptors (Lipinski definition) is 5. The maximum Gasteiger partial charge on any atom is 0.277 e. The summed E-state index contributed by atoms with van der Waals surface area (Å²) in [5.41, 5.74) is 1.88. The van der Waals surface area contributed by atoms with Crippen molar-refractivity contribution in [3.8, 4) is 6.07 Å². The lowest BCUT2D eigenvalue weighted by Crippen LogP contribution is -2.43. The van der Waals surface area contributed by atoms with E-state index in [0.717, 1.165) is 18.7 Å². The van der Waals surface area contributed by atoms with Gasteiger partial charge >= 0.3 is 0 Å². The van der Waals surface area contributed by atoms with Gasteiger partial charge < -0.3 is 10.6 Å². The fraction of sp³-hybridized carbons (Fsp3) is 0.286. The minimum absolute atomic E-state index is 0.282. The maximum absolute atomic E-state index is 12.1. The van der Waals surface area contributed by atoms with Crippen molar-refractivity contribution >= 4 is 11.6 Å². The van der Waals surface area contributed by atoms with Gasteiger partial charge in [-0.25, -0.2) is 4.68 Å². The molecule has 0 atom stereocenters. The number of anilines is 1. The summed E-state index contributed by atoms with van der Waals surface area (Å²) in [7, 11) is 0. The lowest BCUT2D eigenvalue weighted by molar-refractivity contribution is 0.102. The summed E-state index contributed by atoms with van der Waals surface area (Å²) in [6, 6.07) is 9.53. The normalized spacial score (nSPS) is 14.2. The molecule has 0 bridgehead atoms. The third-order valence-electron chi connectivity index (χ3n) is 3.37. The Bertz CT molecular complexity index is 680. The molecule has 1 saturated heterocycles. The van der Waals surface area contributed by atoms with Gasteiger partial charge in [-0.1, -0.05) is 17.3 Å². The van der Waals surface area contributed by atoms with Gasteiger partial charge in [0.15, 0.2) is 5.69 Å². The quantitative estimate of drug-likeness (QED) is 0.862. The van der Waals surface area contributed by atoms with E-state index in [4.69, 9.17) is 5.26 Å². The molecule has 7 nitrogen and oxygen atoms in total. The molecule has 0 saturated carbocycles. The van der Waals surface area contributed by atoms with Crippen LogP contribution in [0.15, 0.2) is 30.5 Å². The van der Waals surface area contributed by atoms with Gasteiger partial charge in [-0.2, -0.15) is 5.26 Å². The van der Waals surface area contributed by atoms with Crippen LogP contribution in [0.3, 0.4) is 0 Å². The molecule has 2 N–H and O–H groups in total. The van der Waals surface area contributed by atoms with Gasteiger partial charge in [0.1, 0.15) is 0 Å². The second kappa shape index (κ2) is 5.73. The molecule has 0 aliphatic carbocycles. The summed E-state index contributed by atoms with van der Waals surface area (Å²) in [4.78, 5) is 12.1. The van der Waals surface area contributed by atoms with Gasteiger partial charge in [0.25, 0.3) is 5.91 Å². The number of nitrogens with one attached hydrogen (secondary N) is 2. The van der Waals surface area contributed by atoms with E-state index in [1.807, 2.05) is 12.1 Å². The number of nitrogens with zero attached hydrogens (tertiary/aromatic N) is 4. The average Bonchev–Trinajstić information content (AvgIpc) is 2.89. The molecule has 1 aliphatic heterocycles. The van der Waals surface area contributed by atoms with Crippen molar-refractivity contribution in [3.63, 3.8) is 0 Å². The monoisotopic (exact) mass is 282 g/mol. The van der Waals surface area contributed by atoms with Crippen molar-refractivity contribution in [2.24, 2.45) is 0 Å². The highest BCUT2D eigenvalue weighted by Crippen LogP contribution is 2.13. The fourth-order valence-corrected chi connectivity index (χ4v) is 2.01. The van der Waals surface area contributed by atoms with Gasteiger partial charge in [-0.3, -0.25) is 4.79 Å². The van der Waals surface area contributed by atoms with Crippen molar-refractivity contribution in [2.75, 3.05) is 18.4 Å². The van der Waals surface area contributed by atoms with Crippen LogP contribution in [0.5, 0.6) is 0 Å². The van der Waals surface area contributed by atoms with Gasteiger partial charge in [0, 0.05) is 18.8 Å². The van der Waals surface area contributed by atoms with Crippen molar-refractivity contribution in [2.45, 2.75) is 12.5 Å². The maximum atomic E-state index is 12.1. The Morgan fingerprint density at radius 2 is 2.19 bits per heavy atom. The fourth-order valence-electron chi connectivity index (χ4n) is 2.01. The molecule has 3 rings (SSSR count). The second-order valence-corrected chi connectivity index (χ2v) is 4.88. The highest BCUT2D eigenvalue weighted by Gasteiger charge is 2.21. The Balaban J connectivity index is 1.65. The van der Waals surface area contributed by atoms with Crippen LogP contribution in [0.2, 0.25) is 0 Å². The number of benzene rings is 1. The van der Waals surface area contributed by atoms with Crippen LogP contribution in [-0.4, -0.2) is 34.0 Å². The molecule has 21 heavy (non-hydrogen) atoms. The predicted molar refractivity (Wildman–Crippen MR) is 75.6 cm³/mol. The topological polar surface area (TPSA) is 95.6 Å². The van der Waals surface area contributed by atoms with E-state index in [-0.39, 0.29) is 11.9 Å². The number of rotatable bonds is 4. The van der Waals surface area contributed by atoms with Crippen LogP contribution in [0.4, 0.5) is 5.69 Å². The first-order chi connectivity index (χ1) is 10.3. The highest BCUT2D eigenvalue weighted by atomic mass is 16.2. The van der Waals surface area contributed by atoms with E-state index >= 15 is 0 Å². The molecule has 1 aromatic carbocycles. The summed E-state index contributed by atoms with van der Waals surface area (Å²) in [5, 5.41) is 22.4. The van der Waals surface area contributed by atoms with E-state index < -0.39 is 0 Å². The first-order valence-corrected chi connectivity index (χ1v) is 6.66. The zero-order valence-electron chi connectivity index (χ0n) is 11.3. The lowest BCUT2D eigenvalue weighted by atomic mass is 10.1. The minimum Gasteiger partial charge on any atom is -0.321 e. The summed E-state index contributed by atoms with van der Waals surface area (Å²) >= 11 is 0. The zero-order chi connectivity index (χ0) is 14.7. The van der Waals surface area contributed by atoms with E-state index in [2.05, 4.69) is 27.0 Å². The Morgan fingerprint density at radius 1 is 1.43 bits per heavy atom. The third kappa shape index (κ3) is 2.90. The molecule has 0 spiro atoms. The number of aromatic nitrogens is 3. The molecule has 1 aliphatic rings. The Morgan fingerprint density at radius 3 is 2.81 bits per heavy atom. The molecular weight excluding hydrogens is 268 g/mol. The first kappa shape index (κ1) is 13.3. The van der Waals surface area contributed by atoms with E-state index in [1.165, 1.54) is 0 Å². The number of nitriles is 1. The van der Waals surface area contributed by atoms with E-state index in [9.17, 15) is 4.79 Å². The molecule has 106 valence electrons. The molecule has 0 radical (unpaired) electrons. The lowest BCUT2D eigenvalue weighted by Gasteiger charge is -2.26. The molecule has 1 amide bonds. The Labute approximate surface area is 121 Å². The van der Waals surface area contributed by atoms with E-state index in [1.54, 1.807) is 23.0 Å². The van der Waals surface area contributed by atoms with Crippen molar-refractivity contribution < 1.29 is 4.79 Å². The molecule has 2 aromatic rings. The number of carbonyl (C=O) groups is 1. The molecule has 1 fully saturated rings. The van der Waals surface area contributed by atoms with Crippen molar-refractivity contribution in [1.82, 2.24) is 20.3 Å². The standard InChI is InChI=1S/C14H14N6O/c15-6-5-10-1-3-11(4-2-10)17-14(21)13-9-20(19-18-13)12-7-16-8-12/h1-4,9,12,16H,5,7-8H2,(H,17,21). The summed E-state index contributed by atoms with van der Waals surface area (Å²) in [6.45, 7) is 1.70. The molecule has 1 aromatic heterocycles. The van der Waals surface area contributed by atoms with E-state index in [0.29, 0.717) is 17.8 Å². The first-order valence-electron chi connectivity index (χ1n) is 6.66. The molecule has 7 heteroatoms. The van der Waals surface area contributed by atoms with Crippen LogP contribution < -0.4 is 10.6 Å². The zero-order valence-corrected chi connectivity index (χ0v) is 11.3. The molecular formula is C14H14N6O. The summed E-state index contributed by atoms with van der Waals surface area (Å²) in [5.74, 6) is -0.290. The minimum atomic E-state index is -0.290. The Hall–Kier alpha value is -2.72. The van der Waals surface area contributed by atoms with Crippen LogP contribution >= 0.6 is 0 Å². The van der Waals surface area contributed by atoms with Crippen LogP contribution in [-0.2, 0) is 6.42 Å². The third-order valence-corrected chi connectivity index (χ3v) is 3.37. The largest absolute Gasteiger partial charge is 0.321 e. The smallest absolute Gasteiger partial charge is 0.277 e. The Kier molecular flexibility index (Phi) is 3.62. The van der Waals surface area contributed by atoms with Crippen LogP contribution in [0, 0.1) is 11.3 Å². The summed E-state index contributed by atoms with van der Waals surface area (Å²) < 4.78 is 1.71. The summed E-state index contributed by atoms with van der Waals surface area (Å²) in [6.07, 6.45) is 2.02. The molecule has 0 unspecified atom stereocenters.